The SMILES string of the molecule is Cn1c(-c2cccc(F)c2)nc2ccccc2c1=O. The van der Waals surface area contributed by atoms with Gasteiger partial charge in [0.1, 0.15) is 11.6 Å². The van der Waals surface area contributed by atoms with E-state index in [0.717, 1.165) is 0 Å². The first-order valence-electron chi connectivity index (χ1n) is 5.88. The molecule has 0 fully saturated rings. The van der Waals surface area contributed by atoms with Gasteiger partial charge in [0.05, 0.1) is 10.9 Å². The summed E-state index contributed by atoms with van der Waals surface area (Å²) in [5.41, 5.74) is 1.07. The summed E-state index contributed by atoms with van der Waals surface area (Å²) in [6.07, 6.45) is 0. The lowest BCUT2D eigenvalue weighted by Crippen LogP contribution is -2.20. The molecule has 0 aliphatic carbocycles. The molecular formula is C15H11FN2O. The molecule has 0 bridgehead atoms. The van der Waals surface area contributed by atoms with Crippen LogP contribution in [0.4, 0.5) is 4.39 Å². The summed E-state index contributed by atoms with van der Waals surface area (Å²) in [5, 5.41) is 0.560. The molecule has 0 aliphatic rings. The molecular weight excluding hydrogens is 243 g/mol. The van der Waals surface area contributed by atoms with Crippen LogP contribution >= 0.6 is 0 Å². The van der Waals surface area contributed by atoms with Crippen molar-refractivity contribution < 1.29 is 4.39 Å². The fourth-order valence-electron chi connectivity index (χ4n) is 2.10. The fourth-order valence-corrected chi connectivity index (χ4v) is 2.10. The van der Waals surface area contributed by atoms with Gasteiger partial charge >= 0.3 is 0 Å². The molecule has 3 nitrogen and oxygen atoms in total. The van der Waals surface area contributed by atoms with Crippen molar-refractivity contribution in [2.75, 3.05) is 0 Å². The summed E-state index contributed by atoms with van der Waals surface area (Å²) in [7, 11) is 1.64. The molecule has 2 aromatic carbocycles. The Kier molecular flexibility index (Phi) is 2.63. The van der Waals surface area contributed by atoms with Gasteiger partial charge in [0, 0.05) is 12.6 Å². The predicted molar refractivity (Wildman–Crippen MR) is 72.4 cm³/mol. The molecule has 4 heteroatoms. The molecule has 0 N–H and O–H groups in total. The number of halogens is 1. The van der Waals surface area contributed by atoms with Crippen molar-refractivity contribution in [2.45, 2.75) is 0 Å². The van der Waals surface area contributed by atoms with E-state index in [1.807, 2.05) is 6.07 Å². The third-order valence-corrected chi connectivity index (χ3v) is 3.07. The molecule has 0 saturated carbocycles. The second-order valence-corrected chi connectivity index (χ2v) is 4.33. The molecule has 3 aromatic rings. The van der Waals surface area contributed by atoms with Gasteiger partial charge in [0.2, 0.25) is 0 Å². The van der Waals surface area contributed by atoms with Gasteiger partial charge < -0.3 is 0 Å². The van der Waals surface area contributed by atoms with Gasteiger partial charge in [-0.25, -0.2) is 9.37 Å². The Morgan fingerprint density at radius 3 is 2.68 bits per heavy atom. The van der Waals surface area contributed by atoms with Gasteiger partial charge in [0.25, 0.3) is 5.56 Å². The van der Waals surface area contributed by atoms with E-state index < -0.39 is 0 Å². The normalized spacial score (nSPS) is 10.8. The highest BCUT2D eigenvalue weighted by molar-refractivity contribution is 5.79. The highest BCUT2D eigenvalue weighted by Crippen LogP contribution is 2.18. The molecule has 1 aromatic heterocycles. The minimum atomic E-state index is -0.347. The minimum absolute atomic E-state index is 0.134. The van der Waals surface area contributed by atoms with Gasteiger partial charge in [-0.2, -0.15) is 0 Å². The Hall–Kier alpha value is -2.49. The summed E-state index contributed by atoms with van der Waals surface area (Å²) in [4.78, 5) is 16.7. The van der Waals surface area contributed by atoms with E-state index in [1.165, 1.54) is 16.7 Å². The van der Waals surface area contributed by atoms with E-state index in [2.05, 4.69) is 4.98 Å². The number of rotatable bonds is 1. The zero-order chi connectivity index (χ0) is 13.4. The maximum absolute atomic E-state index is 13.3. The topological polar surface area (TPSA) is 34.9 Å². The molecule has 94 valence electrons. The lowest BCUT2D eigenvalue weighted by atomic mass is 10.2. The smallest absolute Gasteiger partial charge is 0.261 e. The molecule has 0 atom stereocenters. The van der Waals surface area contributed by atoms with E-state index in [9.17, 15) is 9.18 Å². The standard InChI is InChI=1S/C15H11FN2O/c1-18-14(10-5-4-6-11(16)9-10)17-13-8-3-2-7-12(13)15(18)19/h2-9H,1H3. The molecule has 0 saturated heterocycles. The fraction of sp³-hybridized carbons (Fsp3) is 0.0667. The average Bonchev–Trinajstić information content (AvgIpc) is 2.43. The van der Waals surface area contributed by atoms with Crippen LogP contribution in [0.3, 0.4) is 0 Å². The summed E-state index contributed by atoms with van der Waals surface area (Å²) in [5.74, 6) is 0.114. The number of aromatic nitrogens is 2. The molecule has 0 amide bonds. The van der Waals surface area contributed by atoms with E-state index in [1.54, 1.807) is 37.4 Å². The number of hydrogen-bond donors (Lipinski definition) is 0. The van der Waals surface area contributed by atoms with Gasteiger partial charge in [-0.1, -0.05) is 24.3 Å². The molecule has 3 rings (SSSR count). The number of hydrogen-bond acceptors (Lipinski definition) is 2. The van der Waals surface area contributed by atoms with Crippen molar-refractivity contribution in [3.63, 3.8) is 0 Å². The van der Waals surface area contributed by atoms with Gasteiger partial charge in [-0.05, 0) is 24.3 Å². The quantitative estimate of drug-likeness (QED) is 0.669. The van der Waals surface area contributed by atoms with Crippen LogP contribution in [-0.4, -0.2) is 9.55 Å². The Labute approximate surface area is 109 Å². The third-order valence-electron chi connectivity index (χ3n) is 3.07. The average molecular weight is 254 g/mol. The van der Waals surface area contributed by atoms with Crippen molar-refractivity contribution in [3.05, 3.63) is 64.7 Å². The Morgan fingerprint density at radius 2 is 1.89 bits per heavy atom. The number of fused-ring (bicyclic) bond motifs is 1. The summed E-state index contributed by atoms with van der Waals surface area (Å²) >= 11 is 0. The Morgan fingerprint density at radius 1 is 1.11 bits per heavy atom. The van der Waals surface area contributed by atoms with Crippen molar-refractivity contribution >= 4 is 10.9 Å². The summed E-state index contributed by atoms with van der Waals surface area (Å²) in [6.45, 7) is 0. The zero-order valence-electron chi connectivity index (χ0n) is 10.3. The summed E-state index contributed by atoms with van der Waals surface area (Å²) in [6, 6.07) is 13.2. The monoisotopic (exact) mass is 254 g/mol. The van der Waals surface area contributed by atoms with E-state index in [4.69, 9.17) is 0 Å². The number of nitrogens with zero attached hydrogens (tertiary/aromatic N) is 2. The first-order chi connectivity index (χ1) is 9.16. The first kappa shape index (κ1) is 11.6. The zero-order valence-corrected chi connectivity index (χ0v) is 10.3. The third kappa shape index (κ3) is 1.91. The highest BCUT2D eigenvalue weighted by atomic mass is 19.1. The Bertz CT molecular complexity index is 824. The van der Waals surface area contributed by atoms with E-state index in [0.29, 0.717) is 22.3 Å². The van der Waals surface area contributed by atoms with Gasteiger partial charge in [-0.15, -0.1) is 0 Å². The van der Waals surface area contributed by atoms with Gasteiger partial charge in [-0.3, -0.25) is 9.36 Å². The minimum Gasteiger partial charge on any atom is -0.295 e. The van der Waals surface area contributed by atoms with Crippen LogP contribution in [-0.2, 0) is 7.05 Å². The Balaban J connectivity index is 2.36. The summed E-state index contributed by atoms with van der Waals surface area (Å²) < 4.78 is 14.7. The van der Waals surface area contributed by atoms with Crippen molar-refractivity contribution in [2.24, 2.45) is 7.05 Å². The molecule has 0 spiro atoms. The van der Waals surface area contributed by atoms with Crippen molar-refractivity contribution in [1.29, 1.82) is 0 Å². The van der Waals surface area contributed by atoms with E-state index >= 15 is 0 Å². The van der Waals surface area contributed by atoms with E-state index in [-0.39, 0.29) is 11.4 Å². The van der Waals surface area contributed by atoms with Gasteiger partial charge in [0.15, 0.2) is 0 Å². The highest BCUT2D eigenvalue weighted by Gasteiger charge is 2.09. The maximum atomic E-state index is 13.3. The molecule has 0 radical (unpaired) electrons. The van der Waals surface area contributed by atoms with Crippen LogP contribution < -0.4 is 5.56 Å². The maximum Gasteiger partial charge on any atom is 0.261 e. The van der Waals surface area contributed by atoms with Crippen LogP contribution in [0.15, 0.2) is 53.3 Å². The van der Waals surface area contributed by atoms with Crippen molar-refractivity contribution in [1.82, 2.24) is 9.55 Å². The van der Waals surface area contributed by atoms with Crippen LogP contribution in [0.5, 0.6) is 0 Å². The molecule has 0 unspecified atom stereocenters. The van der Waals surface area contributed by atoms with Crippen LogP contribution in [0.2, 0.25) is 0 Å². The molecule has 0 aliphatic heterocycles. The second-order valence-electron chi connectivity index (χ2n) is 4.33. The number of para-hydroxylation sites is 1. The second kappa shape index (κ2) is 4.31. The largest absolute Gasteiger partial charge is 0.295 e. The van der Waals surface area contributed by atoms with Crippen LogP contribution in [0.1, 0.15) is 0 Å². The predicted octanol–water partition coefficient (Wildman–Crippen LogP) is 2.74. The molecule has 1 heterocycles. The number of benzene rings is 2. The molecule has 19 heavy (non-hydrogen) atoms. The van der Waals surface area contributed by atoms with Crippen molar-refractivity contribution in [3.8, 4) is 11.4 Å². The van der Waals surface area contributed by atoms with Crippen LogP contribution in [0.25, 0.3) is 22.3 Å². The lowest BCUT2D eigenvalue weighted by molar-refractivity contribution is 0.628. The lowest BCUT2D eigenvalue weighted by Gasteiger charge is -2.09. The first-order valence-corrected chi connectivity index (χ1v) is 5.88. The van der Waals surface area contributed by atoms with Crippen LogP contribution in [0, 0.1) is 5.82 Å².